The van der Waals surface area contributed by atoms with E-state index in [1.807, 2.05) is 13.8 Å². The Hall–Kier alpha value is -2.30. The highest BCUT2D eigenvalue weighted by Gasteiger charge is 2.15. The molecule has 0 aliphatic carbocycles. The molecule has 0 bridgehead atoms. The van der Waals surface area contributed by atoms with Gasteiger partial charge in [-0.05, 0) is 44.5 Å². The molecule has 0 aliphatic heterocycles. The van der Waals surface area contributed by atoms with Gasteiger partial charge in [-0.1, -0.05) is 6.07 Å². The Morgan fingerprint density at radius 3 is 2.65 bits per heavy atom. The van der Waals surface area contributed by atoms with Crippen LogP contribution in [-0.4, -0.2) is 10.5 Å². The van der Waals surface area contributed by atoms with Crippen LogP contribution in [-0.2, 0) is 0 Å². The SMILES string of the molecule is Cc1ccc(NC(=O)c2cc(N)cn2C(C)C)cc1F. The zero-order chi connectivity index (χ0) is 14.9. The van der Waals surface area contributed by atoms with Crippen LogP contribution in [0, 0.1) is 12.7 Å². The Morgan fingerprint density at radius 2 is 2.05 bits per heavy atom. The van der Waals surface area contributed by atoms with Crippen molar-refractivity contribution in [2.24, 2.45) is 0 Å². The molecule has 1 heterocycles. The van der Waals surface area contributed by atoms with E-state index < -0.39 is 0 Å². The van der Waals surface area contributed by atoms with Gasteiger partial charge in [0.05, 0.1) is 5.69 Å². The standard InChI is InChI=1S/C15H18FN3O/c1-9(2)19-8-11(17)6-14(19)15(20)18-12-5-4-10(3)13(16)7-12/h4-9H,17H2,1-3H3,(H,18,20). The van der Waals surface area contributed by atoms with Crippen LogP contribution >= 0.6 is 0 Å². The predicted octanol–water partition coefficient (Wildman–Crippen LogP) is 3.35. The van der Waals surface area contributed by atoms with Crippen LogP contribution in [0.5, 0.6) is 0 Å². The lowest BCUT2D eigenvalue weighted by Gasteiger charge is -2.12. The molecule has 2 aromatic rings. The Morgan fingerprint density at radius 1 is 1.35 bits per heavy atom. The first-order chi connectivity index (χ1) is 9.38. The molecule has 2 rings (SSSR count). The summed E-state index contributed by atoms with van der Waals surface area (Å²) >= 11 is 0. The average Bonchev–Trinajstić information content (AvgIpc) is 2.76. The number of nitrogens with two attached hydrogens (primary N) is 1. The number of carbonyl (C=O) groups excluding carboxylic acids is 1. The molecule has 0 saturated heterocycles. The lowest BCUT2D eigenvalue weighted by Crippen LogP contribution is -2.17. The second-order valence-corrected chi connectivity index (χ2v) is 5.08. The fourth-order valence-electron chi connectivity index (χ4n) is 1.98. The Bertz CT molecular complexity index is 647. The van der Waals surface area contributed by atoms with Gasteiger partial charge < -0.3 is 15.6 Å². The molecular formula is C15H18FN3O. The highest BCUT2D eigenvalue weighted by Crippen LogP contribution is 2.19. The zero-order valence-electron chi connectivity index (χ0n) is 11.8. The number of benzene rings is 1. The summed E-state index contributed by atoms with van der Waals surface area (Å²) in [4.78, 5) is 12.2. The monoisotopic (exact) mass is 275 g/mol. The summed E-state index contributed by atoms with van der Waals surface area (Å²) < 4.78 is 15.3. The van der Waals surface area contributed by atoms with Crippen molar-refractivity contribution in [1.29, 1.82) is 0 Å². The molecule has 1 amide bonds. The van der Waals surface area contributed by atoms with Crippen LogP contribution < -0.4 is 11.1 Å². The van der Waals surface area contributed by atoms with Crippen molar-refractivity contribution in [2.45, 2.75) is 26.8 Å². The first-order valence-electron chi connectivity index (χ1n) is 6.43. The molecule has 0 atom stereocenters. The number of anilines is 2. The van der Waals surface area contributed by atoms with Crippen molar-refractivity contribution in [3.05, 3.63) is 47.5 Å². The van der Waals surface area contributed by atoms with Crippen molar-refractivity contribution in [1.82, 2.24) is 4.57 Å². The second kappa shape index (κ2) is 5.36. The molecule has 5 heteroatoms. The Labute approximate surface area is 117 Å². The molecule has 0 aliphatic rings. The average molecular weight is 275 g/mol. The Kier molecular flexibility index (Phi) is 3.79. The third-order valence-electron chi connectivity index (χ3n) is 3.09. The summed E-state index contributed by atoms with van der Waals surface area (Å²) in [5.41, 5.74) is 7.68. The first-order valence-corrected chi connectivity index (χ1v) is 6.43. The topological polar surface area (TPSA) is 60.1 Å². The molecule has 1 aromatic heterocycles. The van der Waals surface area contributed by atoms with Gasteiger partial charge in [-0.15, -0.1) is 0 Å². The summed E-state index contributed by atoms with van der Waals surface area (Å²) in [6.45, 7) is 5.59. The van der Waals surface area contributed by atoms with E-state index in [2.05, 4.69) is 5.32 Å². The molecule has 0 saturated carbocycles. The molecule has 4 nitrogen and oxygen atoms in total. The smallest absolute Gasteiger partial charge is 0.272 e. The van der Waals surface area contributed by atoms with Gasteiger partial charge in [0.15, 0.2) is 0 Å². The number of nitrogen functional groups attached to an aromatic ring is 1. The van der Waals surface area contributed by atoms with Crippen LogP contribution in [0.2, 0.25) is 0 Å². The number of aryl methyl sites for hydroxylation is 1. The highest BCUT2D eigenvalue weighted by atomic mass is 19.1. The van der Waals surface area contributed by atoms with Crippen LogP contribution in [0.25, 0.3) is 0 Å². The van der Waals surface area contributed by atoms with E-state index in [0.29, 0.717) is 22.6 Å². The molecule has 0 unspecified atom stereocenters. The fourth-order valence-corrected chi connectivity index (χ4v) is 1.98. The largest absolute Gasteiger partial charge is 0.397 e. The number of hydrogen-bond donors (Lipinski definition) is 2. The minimum absolute atomic E-state index is 0.114. The van der Waals surface area contributed by atoms with E-state index in [4.69, 9.17) is 5.73 Å². The molecule has 3 N–H and O–H groups in total. The zero-order valence-corrected chi connectivity index (χ0v) is 11.8. The normalized spacial score (nSPS) is 10.8. The van der Waals surface area contributed by atoms with Crippen molar-refractivity contribution in [3.63, 3.8) is 0 Å². The lowest BCUT2D eigenvalue weighted by molar-refractivity contribution is 0.101. The quantitative estimate of drug-likeness (QED) is 0.902. The van der Waals surface area contributed by atoms with E-state index in [-0.39, 0.29) is 17.8 Å². The summed E-state index contributed by atoms with van der Waals surface area (Å²) in [6.07, 6.45) is 1.72. The minimum Gasteiger partial charge on any atom is -0.397 e. The maximum Gasteiger partial charge on any atom is 0.272 e. The Balaban J connectivity index is 2.26. The third-order valence-corrected chi connectivity index (χ3v) is 3.09. The number of nitrogens with one attached hydrogen (secondary N) is 1. The first kappa shape index (κ1) is 14.1. The van der Waals surface area contributed by atoms with Gasteiger partial charge in [0.25, 0.3) is 5.91 Å². The molecule has 1 aromatic carbocycles. The summed E-state index contributed by atoms with van der Waals surface area (Å²) in [7, 11) is 0. The highest BCUT2D eigenvalue weighted by molar-refractivity contribution is 6.03. The van der Waals surface area contributed by atoms with E-state index in [9.17, 15) is 9.18 Å². The number of carbonyl (C=O) groups is 1. The van der Waals surface area contributed by atoms with Crippen LogP contribution in [0.3, 0.4) is 0 Å². The number of hydrogen-bond acceptors (Lipinski definition) is 2. The maximum absolute atomic E-state index is 13.5. The van der Waals surface area contributed by atoms with Gasteiger partial charge in [0.1, 0.15) is 11.5 Å². The summed E-state index contributed by atoms with van der Waals surface area (Å²) in [5, 5.41) is 2.68. The number of amides is 1. The number of halogens is 1. The molecule has 0 radical (unpaired) electrons. The van der Waals surface area contributed by atoms with E-state index >= 15 is 0 Å². The molecule has 0 fully saturated rings. The van der Waals surface area contributed by atoms with Gasteiger partial charge >= 0.3 is 0 Å². The second-order valence-electron chi connectivity index (χ2n) is 5.08. The molecule has 106 valence electrons. The van der Waals surface area contributed by atoms with Crippen LogP contribution in [0.15, 0.2) is 30.5 Å². The van der Waals surface area contributed by atoms with Crippen molar-refractivity contribution >= 4 is 17.3 Å². The fraction of sp³-hybridized carbons (Fsp3) is 0.267. The van der Waals surface area contributed by atoms with E-state index in [0.717, 1.165) is 0 Å². The van der Waals surface area contributed by atoms with Gasteiger partial charge in [0.2, 0.25) is 0 Å². The van der Waals surface area contributed by atoms with E-state index in [1.165, 1.54) is 6.07 Å². The number of aromatic nitrogens is 1. The van der Waals surface area contributed by atoms with E-state index in [1.54, 1.807) is 35.9 Å². The third kappa shape index (κ3) is 2.82. The van der Waals surface area contributed by atoms with Gasteiger partial charge in [-0.3, -0.25) is 4.79 Å². The van der Waals surface area contributed by atoms with Crippen molar-refractivity contribution in [3.8, 4) is 0 Å². The lowest BCUT2D eigenvalue weighted by atomic mass is 10.2. The number of nitrogens with zero attached hydrogens (tertiary/aromatic N) is 1. The molecular weight excluding hydrogens is 257 g/mol. The van der Waals surface area contributed by atoms with Crippen LogP contribution in [0.1, 0.15) is 35.9 Å². The summed E-state index contributed by atoms with van der Waals surface area (Å²) in [6, 6.07) is 6.32. The van der Waals surface area contributed by atoms with Gasteiger partial charge in [0, 0.05) is 17.9 Å². The van der Waals surface area contributed by atoms with Gasteiger partial charge in [-0.2, -0.15) is 0 Å². The summed E-state index contributed by atoms with van der Waals surface area (Å²) in [5.74, 6) is -0.653. The molecule has 20 heavy (non-hydrogen) atoms. The van der Waals surface area contributed by atoms with Crippen molar-refractivity contribution < 1.29 is 9.18 Å². The maximum atomic E-state index is 13.5. The predicted molar refractivity (Wildman–Crippen MR) is 78.3 cm³/mol. The number of rotatable bonds is 3. The molecule has 0 spiro atoms. The van der Waals surface area contributed by atoms with Crippen molar-refractivity contribution in [2.75, 3.05) is 11.1 Å². The van der Waals surface area contributed by atoms with Gasteiger partial charge in [-0.25, -0.2) is 4.39 Å². The minimum atomic E-state index is -0.346. The van der Waals surface area contributed by atoms with Crippen LogP contribution in [0.4, 0.5) is 15.8 Å².